The summed E-state index contributed by atoms with van der Waals surface area (Å²) in [7, 11) is 4.23. The lowest BCUT2D eigenvalue weighted by molar-refractivity contribution is 0.0930. The van der Waals surface area contributed by atoms with Gasteiger partial charge in [0.05, 0.1) is 5.54 Å². The van der Waals surface area contributed by atoms with E-state index in [0.29, 0.717) is 6.04 Å². The van der Waals surface area contributed by atoms with Crippen molar-refractivity contribution in [2.75, 3.05) is 32.1 Å². The standard InChI is InChI=1S/C26H28ClN3O/c1-17-10-11-18(30-15-19(16-30)29(2)3)14-22(17)25(31)28-26(12-13-26)23-8-4-7-21-20(23)6-5-9-24(21)27/h4-11,14,19H,12-13,15-16H2,1-3H3,(H,28,31). The van der Waals surface area contributed by atoms with Crippen molar-refractivity contribution in [3.63, 3.8) is 0 Å². The number of carbonyl (C=O) groups is 1. The molecule has 1 amide bonds. The van der Waals surface area contributed by atoms with Crippen LogP contribution in [0.1, 0.15) is 34.3 Å². The van der Waals surface area contributed by atoms with Gasteiger partial charge in [-0.3, -0.25) is 4.79 Å². The third-order valence-corrected chi connectivity index (χ3v) is 7.24. The lowest BCUT2D eigenvalue weighted by Crippen LogP contribution is -2.57. The topological polar surface area (TPSA) is 35.6 Å². The van der Waals surface area contributed by atoms with Crippen molar-refractivity contribution in [1.82, 2.24) is 10.2 Å². The fourth-order valence-electron chi connectivity index (χ4n) is 4.60. The van der Waals surface area contributed by atoms with Crippen LogP contribution in [-0.2, 0) is 5.54 Å². The van der Waals surface area contributed by atoms with Crippen LogP contribution >= 0.6 is 11.6 Å². The summed E-state index contributed by atoms with van der Waals surface area (Å²) in [6.45, 7) is 4.00. The van der Waals surface area contributed by atoms with Crippen LogP contribution in [0.15, 0.2) is 54.6 Å². The molecule has 31 heavy (non-hydrogen) atoms. The molecule has 1 aliphatic carbocycles. The Bertz CT molecular complexity index is 1160. The highest BCUT2D eigenvalue weighted by atomic mass is 35.5. The Morgan fingerprint density at radius 1 is 1.06 bits per heavy atom. The smallest absolute Gasteiger partial charge is 0.252 e. The van der Waals surface area contributed by atoms with Crippen LogP contribution < -0.4 is 10.2 Å². The Balaban J connectivity index is 1.41. The first kappa shape index (κ1) is 20.3. The molecule has 5 heteroatoms. The average Bonchev–Trinajstić information content (AvgIpc) is 3.48. The molecule has 1 aliphatic heterocycles. The largest absolute Gasteiger partial charge is 0.368 e. The number of nitrogens with one attached hydrogen (secondary N) is 1. The van der Waals surface area contributed by atoms with E-state index in [9.17, 15) is 4.79 Å². The maximum atomic E-state index is 13.4. The molecule has 2 fully saturated rings. The van der Waals surface area contributed by atoms with Crippen molar-refractivity contribution >= 4 is 34.0 Å². The minimum absolute atomic E-state index is 0.000522. The lowest BCUT2D eigenvalue weighted by Gasteiger charge is -2.44. The highest BCUT2D eigenvalue weighted by molar-refractivity contribution is 6.35. The Morgan fingerprint density at radius 2 is 1.77 bits per heavy atom. The van der Waals surface area contributed by atoms with Gasteiger partial charge in [-0.25, -0.2) is 0 Å². The number of carbonyl (C=O) groups excluding carboxylic acids is 1. The SMILES string of the molecule is Cc1ccc(N2CC(N(C)C)C2)cc1C(=O)NC1(c2cccc3c(Cl)cccc23)CC1. The van der Waals surface area contributed by atoms with E-state index in [2.05, 4.69) is 53.5 Å². The highest BCUT2D eigenvalue weighted by Crippen LogP contribution is 2.48. The van der Waals surface area contributed by atoms with Crippen LogP contribution in [0.3, 0.4) is 0 Å². The van der Waals surface area contributed by atoms with Gasteiger partial charge in [-0.05, 0) is 68.6 Å². The van der Waals surface area contributed by atoms with E-state index in [1.807, 2.05) is 37.3 Å². The maximum absolute atomic E-state index is 13.4. The molecule has 0 atom stereocenters. The number of benzene rings is 3. The number of hydrogen-bond donors (Lipinski definition) is 1. The molecule has 1 heterocycles. The Kier molecular flexibility index (Phi) is 4.95. The molecule has 3 aromatic carbocycles. The monoisotopic (exact) mass is 433 g/mol. The quantitative estimate of drug-likeness (QED) is 0.617. The van der Waals surface area contributed by atoms with Crippen LogP contribution in [0.4, 0.5) is 5.69 Å². The fourth-order valence-corrected chi connectivity index (χ4v) is 4.84. The van der Waals surface area contributed by atoms with Crippen molar-refractivity contribution in [3.8, 4) is 0 Å². The first-order valence-corrected chi connectivity index (χ1v) is 11.3. The Hall–Kier alpha value is -2.56. The molecule has 160 valence electrons. The van der Waals surface area contributed by atoms with Gasteiger partial charge in [0.15, 0.2) is 0 Å². The van der Waals surface area contributed by atoms with Gasteiger partial charge >= 0.3 is 0 Å². The summed E-state index contributed by atoms with van der Waals surface area (Å²) in [4.78, 5) is 18.0. The second-order valence-electron chi connectivity index (χ2n) is 9.20. The zero-order valence-electron chi connectivity index (χ0n) is 18.3. The van der Waals surface area contributed by atoms with Gasteiger partial charge in [-0.15, -0.1) is 0 Å². The molecule has 0 spiro atoms. The van der Waals surface area contributed by atoms with E-state index in [0.717, 1.165) is 64.1 Å². The van der Waals surface area contributed by atoms with Gasteiger partial charge in [-0.1, -0.05) is 48.0 Å². The molecule has 0 unspecified atom stereocenters. The number of aryl methyl sites for hydroxylation is 1. The maximum Gasteiger partial charge on any atom is 0.252 e. The molecular weight excluding hydrogens is 406 g/mol. The molecule has 4 nitrogen and oxygen atoms in total. The summed E-state index contributed by atoms with van der Waals surface area (Å²) in [5.74, 6) is 0.000522. The van der Waals surface area contributed by atoms with Crippen molar-refractivity contribution in [1.29, 1.82) is 0 Å². The normalized spacial score (nSPS) is 17.6. The minimum Gasteiger partial charge on any atom is -0.368 e. The van der Waals surface area contributed by atoms with Crippen molar-refractivity contribution in [2.45, 2.75) is 31.3 Å². The number of rotatable bonds is 5. The number of nitrogens with zero attached hydrogens (tertiary/aromatic N) is 2. The van der Waals surface area contributed by atoms with Gasteiger partial charge in [0.25, 0.3) is 5.91 Å². The molecule has 2 aliphatic rings. The molecule has 0 radical (unpaired) electrons. The summed E-state index contributed by atoms with van der Waals surface area (Å²) in [5, 5.41) is 6.27. The first-order valence-electron chi connectivity index (χ1n) is 10.9. The molecule has 1 saturated heterocycles. The lowest BCUT2D eigenvalue weighted by atomic mass is 9.96. The fraction of sp³-hybridized carbons (Fsp3) is 0.346. The summed E-state index contributed by atoms with van der Waals surface area (Å²) in [5.41, 5.74) is 3.73. The predicted octanol–water partition coefficient (Wildman–Crippen LogP) is 4.97. The van der Waals surface area contributed by atoms with Crippen LogP contribution in [-0.4, -0.2) is 44.0 Å². The second kappa shape index (κ2) is 7.54. The third-order valence-electron chi connectivity index (χ3n) is 6.91. The van der Waals surface area contributed by atoms with Gasteiger partial charge in [0, 0.05) is 40.8 Å². The molecule has 0 aromatic heterocycles. The summed E-state index contributed by atoms with van der Waals surface area (Å²) < 4.78 is 0. The number of halogens is 1. The van der Waals surface area contributed by atoms with Gasteiger partial charge in [0.2, 0.25) is 0 Å². The molecule has 1 N–H and O–H groups in total. The second-order valence-corrected chi connectivity index (χ2v) is 9.61. The zero-order chi connectivity index (χ0) is 21.8. The Labute approximate surface area is 188 Å². The number of amides is 1. The van der Waals surface area contributed by atoms with E-state index in [-0.39, 0.29) is 11.4 Å². The Morgan fingerprint density at radius 3 is 2.48 bits per heavy atom. The van der Waals surface area contributed by atoms with Gasteiger partial charge < -0.3 is 15.1 Å². The summed E-state index contributed by atoms with van der Waals surface area (Å²) >= 11 is 6.42. The van der Waals surface area contributed by atoms with E-state index >= 15 is 0 Å². The van der Waals surface area contributed by atoms with Crippen molar-refractivity contribution in [2.24, 2.45) is 0 Å². The van der Waals surface area contributed by atoms with E-state index < -0.39 is 0 Å². The van der Waals surface area contributed by atoms with Crippen LogP contribution in [0, 0.1) is 6.92 Å². The number of fused-ring (bicyclic) bond motifs is 1. The highest BCUT2D eigenvalue weighted by Gasteiger charge is 2.46. The van der Waals surface area contributed by atoms with E-state index in [1.165, 1.54) is 0 Å². The number of anilines is 1. The van der Waals surface area contributed by atoms with E-state index in [4.69, 9.17) is 11.6 Å². The van der Waals surface area contributed by atoms with Crippen molar-refractivity contribution in [3.05, 3.63) is 76.3 Å². The van der Waals surface area contributed by atoms with Gasteiger partial charge in [0.1, 0.15) is 0 Å². The van der Waals surface area contributed by atoms with Crippen LogP contribution in [0.25, 0.3) is 10.8 Å². The number of likely N-dealkylation sites (N-methyl/N-ethyl adjacent to an activating group) is 1. The molecule has 0 bridgehead atoms. The average molecular weight is 434 g/mol. The first-order chi connectivity index (χ1) is 14.9. The molecular formula is C26H28ClN3O. The predicted molar refractivity (Wildman–Crippen MR) is 128 cm³/mol. The van der Waals surface area contributed by atoms with Crippen LogP contribution in [0.5, 0.6) is 0 Å². The van der Waals surface area contributed by atoms with Crippen molar-refractivity contribution < 1.29 is 4.79 Å². The van der Waals surface area contributed by atoms with E-state index in [1.54, 1.807) is 0 Å². The van der Waals surface area contributed by atoms with Gasteiger partial charge in [-0.2, -0.15) is 0 Å². The molecule has 1 saturated carbocycles. The molecule has 5 rings (SSSR count). The molecule has 3 aromatic rings. The number of hydrogen-bond acceptors (Lipinski definition) is 3. The van der Waals surface area contributed by atoms with Crippen LogP contribution in [0.2, 0.25) is 5.02 Å². The zero-order valence-corrected chi connectivity index (χ0v) is 19.0. The third kappa shape index (κ3) is 3.58. The summed E-state index contributed by atoms with van der Waals surface area (Å²) in [6, 6.07) is 19.0. The minimum atomic E-state index is -0.309. The summed E-state index contributed by atoms with van der Waals surface area (Å²) in [6.07, 6.45) is 1.89.